The molecule has 0 aromatic rings. The van der Waals surface area contributed by atoms with Crippen LogP contribution in [0, 0.1) is 5.92 Å². The highest BCUT2D eigenvalue weighted by Crippen LogP contribution is 2.23. The molecule has 0 saturated carbocycles. The fourth-order valence-electron chi connectivity index (χ4n) is 1.64. The van der Waals surface area contributed by atoms with Crippen LogP contribution in [0.1, 0.15) is 33.1 Å². The van der Waals surface area contributed by atoms with Crippen LogP contribution < -0.4 is 5.73 Å². The summed E-state index contributed by atoms with van der Waals surface area (Å²) in [6.07, 6.45) is -4.61. The first-order chi connectivity index (χ1) is 6.78. The molecule has 0 aromatic heterocycles. The average molecular weight is 227 g/mol. The van der Waals surface area contributed by atoms with E-state index in [0.29, 0.717) is 6.42 Å². The number of ether oxygens (including phenoxy) is 1. The standard InChI is InChI=1S/C10H20F3NO/c1-7(2)9(15-3)8(14)5-4-6-10(11,12)13/h7-9H,4-6,14H2,1-3H3. The van der Waals surface area contributed by atoms with Crippen LogP contribution in [0.25, 0.3) is 0 Å². The second-order valence-corrected chi connectivity index (χ2v) is 4.12. The van der Waals surface area contributed by atoms with E-state index in [1.165, 1.54) is 7.11 Å². The molecule has 2 nitrogen and oxygen atoms in total. The summed E-state index contributed by atoms with van der Waals surface area (Å²) in [4.78, 5) is 0. The maximum absolute atomic E-state index is 11.9. The zero-order valence-electron chi connectivity index (χ0n) is 9.47. The predicted molar refractivity (Wildman–Crippen MR) is 53.5 cm³/mol. The van der Waals surface area contributed by atoms with E-state index in [1.54, 1.807) is 0 Å². The Morgan fingerprint density at radius 1 is 1.27 bits per heavy atom. The van der Waals surface area contributed by atoms with Crippen molar-refractivity contribution in [2.24, 2.45) is 11.7 Å². The van der Waals surface area contributed by atoms with E-state index in [4.69, 9.17) is 10.5 Å². The normalized spacial score (nSPS) is 16.8. The Balaban J connectivity index is 3.86. The van der Waals surface area contributed by atoms with E-state index in [1.807, 2.05) is 13.8 Å². The minimum atomic E-state index is -4.08. The Bertz CT molecular complexity index is 171. The van der Waals surface area contributed by atoms with Crippen LogP contribution in [0.2, 0.25) is 0 Å². The van der Waals surface area contributed by atoms with Gasteiger partial charge in [0.2, 0.25) is 0 Å². The van der Waals surface area contributed by atoms with Gasteiger partial charge in [-0.15, -0.1) is 0 Å². The smallest absolute Gasteiger partial charge is 0.380 e. The average Bonchev–Trinajstić information content (AvgIpc) is 2.01. The lowest BCUT2D eigenvalue weighted by Crippen LogP contribution is -2.39. The first-order valence-electron chi connectivity index (χ1n) is 5.13. The lowest BCUT2D eigenvalue weighted by Gasteiger charge is -2.26. The number of rotatable bonds is 6. The third-order valence-corrected chi connectivity index (χ3v) is 2.35. The molecule has 0 aliphatic carbocycles. The van der Waals surface area contributed by atoms with Gasteiger partial charge in [-0.25, -0.2) is 0 Å². The molecule has 0 aliphatic rings. The molecular formula is C10H20F3NO. The van der Waals surface area contributed by atoms with Gasteiger partial charge in [-0.2, -0.15) is 13.2 Å². The van der Waals surface area contributed by atoms with E-state index in [-0.39, 0.29) is 24.5 Å². The van der Waals surface area contributed by atoms with Crippen LogP contribution in [0.15, 0.2) is 0 Å². The maximum atomic E-state index is 11.9. The van der Waals surface area contributed by atoms with Crippen molar-refractivity contribution in [2.45, 2.75) is 51.4 Å². The summed E-state index contributed by atoms with van der Waals surface area (Å²) >= 11 is 0. The van der Waals surface area contributed by atoms with Crippen LogP contribution in [-0.4, -0.2) is 25.4 Å². The monoisotopic (exact) mass is 227 g/mol. The molecule has 0 spiro atoms. The summed E-state index contributed by atoms with van der Waals surface area (Å²) in [7, 11) is 1.54. The number of alkyl halides is 3. The molecule has 0 amide bonds. The fraction of sp³-hybridized carbons (Fsp3) is 1.00. The van der Waals surface area contributed by atoms with E-state index in [2.05, 4.69) is 0 Å². The summed E-state index contributed by atoms with van der Waals surface area (Å²) in [5, 5.41) is 0. The van der Waals surface area contributed by atoms with Crippen molar-refractivity contribution in [3.05, 3.63) is 0 Å². The second kappa shape index (κ2) is 6.33. The van der Waals surface area contributed by atoms with Crippen LogP contribution in [-0.2, 0) is 4.74 Å². The Morgan fingerprint density at radius 3 is 2.13 bits per heavy atom. The summed E-state index contributed by atoms with van der Waals surface area (Å²) in [6.45, 7) is 3.88. The Morgan fingerprint density at radius 2 is 1.80 bits per heavy atom. The van der Waals surface area contributed by atoms with Crippen LogP contribution >= 0.6 is 0 Å². The highest BCUT2D eigenvalue weighted by molar-refractivity contribution is 4.76. The van der Waals surface area contributed by atoms with Crippen LogP contribution in [0.4, 0.5) is 13.2 Å². The maximum Gasteiger partial charge on any atom is 0.389 e. The van der Waals surface area contributed by atoms with Crippen molar-refractivity contribution in [1.82, 2.24) is 0 Å². The van der Waals surface area contributed by atoms with Crippen molar-refractivity contribution in [1.29, 1.82) is 0 Å². The minimum absolute atomic E-state index is 0.0667. The van der Waals surface area contributed by atoms with Gasteiger partial charge < -0.3 is 10.5 Å². The molecule has 0 radical (unpaired) electrons. The Hall–Kier alpha value is -0.290. The fourth-order valence-corrected chi connectivity index (χ4v) is 1.64. The van der Waals surface area contributed by atoms with Crippen molar-refractivity contribution >= 4 is 0 Å². The van der Waals surface area contributed by atoms with Gasteiger partial charge in [-0.05, 0) is 18.8 Å². The number of halogens is 3. The molecule has 15 heavy (non-hydrogen) atoms. The lowest BCUT2D eigenvalue weighted by atomic mass is 9.96. The molecular weight excluding hydrogens is 207 g/mol. The molecule has 92 valence electrons. The van der Waals surface area contributed by atoms with Crippen molar-refractivity contribution in [3.8, 4) is 0 Å². The number of hydrogen-bond donors (Lipinski definition) is 1. The SMILES string of the molecule is COC(C(C)C)C(N)CCCC(F)(F)F. The third kappa shape index (κ3) is 6.73. The van der Waals surface area contributed by atoms with Gasteiger partial charge in [0, 0.05) is 19.6 Å². The van der Waals surface area contributed by atoms with Crippen molar-refractivity contribution < 1.29 is 17.9 Å². The lowest BCUT2D eigenvalue weighted by molar-refractivity contribution is -0.136. The van der Waals surface area contributed by atoms with Crippen molar-refractivity contribution in [2.75, 3.05) is 7.11 Å². The minimum Gasteiger partial charge on any atom is -0.380 e. The first kappa shape index (κ1) is 14.7. The molecule has 0 aromatic carbocycles. The Kier molecular flexibility index (Phi) is 6.20. The molecule has 0 heterocycles. The van der Waals surface area contributed by atoms with Gasteiger partial charge in [0.05, 0.1) is 6.10 Å². The molecule has 2 atom stereocenters. The molecule has 5 heteroatoms. The van der Waals surface area contributed by atoms with Crippen molar-refractivity contribution in [3.63, 3.8) is 0 Å². The molecule has 0 saturated heterocycles. The van der Waals surface area contributed by atoms with E-state index in [9.17, 15) is 13.2 Å². The number of hydrogen-bond acceptors (Lipinski definition) is 2. The highest BCUT2D eigenvalue weighted by atomic mass is 19.4. The second-order valence-electron chi connectivity index (χ2n) is 4.12. The number of methoxy groups -OCH3 is 1. The van der Waals surface area contributed by atoms with E-state index < -0.39 is 12.6 Å². The molecule has 0 fully saturated rings. The first-order valence-corrected chi connectivity index (χ1v) is 5.13. The van der Waals surface area contributed by atoms with Gasteiger partial charge in [0.1, 0.15) is 0 Å². The number of nitrogens with two attached hydrogens (primary N) is 1. The third-order valence-electron chi connectivity index (χ3n) is 2.35. The van der Waals surface area contributed by atoms with Crippen LogP contribution in [0.5, 0.6) is 0 Å². The van der Waals surface area contributed by atoms with Gasteiger partial charge in [-0.1, -0.05) is 13.8 Å². The zero-order valence-corrected chi connectivity index (χ0v) is 9.47. The summed E-state index contributed by atoms with van der Waals surface area (Å²) < 4.78 is 40.8. The molecule has 0 bridgehead atoms. The molecule has 0 rings (SSSR count). The topological polar surface area (TPSA) is 35.2 Å². The molecule has 2 unspecified atom stereocenters. The Labute approximate surface area is 89.0 Å². The van der Waals surface area contributed by atoms with Gasteiger partial charge >= 0.3 is 6.18 Å². The van der Waals surface area contributed by atoms with E-state index >= 15 is 0 Å². The quantitative estimate of drug-likeness (QED) is 0.757. The zero-order chi connectivity index (χ0) is 12.1. The predicted octanol–water partition coefficient (Wildman–Crippen LogP) is 2.72. The molecule has 0 aliphatic heterocycles. The van der Waals surface area contributed by atoms with Gasteiger partial charge in [0.15, 0.2) is 0 Å². The largest absolute Gasteiger partial charge is 0.389 e. The van der Waals surface area contributed by atoms with Crippen LogP contribution in [0.3, 0.4) is 0 Å². The highest BCUT2D eigenvalue weighted by Gasteiger charge is 2.28. The summed E-state index contributed by atoms with van der Waals surface area (Å²) in [5.41, 5.74) is 5.77. The van der Waals surface area contributed by atoms with Gasteiger partial charge in [0.25, 0.3) is 0 Å². The van der Waals surface area contributed by atoms with E-state index in [0.717, 1.165) is 0 Å². The molecule has 2 N–H and O–H groups in total. The van der Waals surface area contributed by atoms with Gasteiger partial charge in [-0.3, -0.25) is 0 Å². The summed E-state index contributed by atoms with van der Waals surface area (Å²) in [6, 6.07) is -0.322. The summed E-state index contributed by atoms with van der Waals surface area (Å²) in [5.74, 6) is 0.218.